The molecule has 10 nitrogen and oxygen atoms in total. The normalized spacial score (nSPS) is 10.3. The van der Waals surface area contributed by atoms with E-state index in [2.05, 4.69) is 31.2 Å². The maximum Gasteiger partial charge on any atom is 0.255 e. The van der Waals surface area contributed by atoms with Gasteiger partial charge in [-0.05, 0) is 12.1 Å². The number of aromatic hydroxyl groups is 1. The molecule has 5 N–H and O–H groups in total. The zero-order valence-corrected chi connectivity index (χ0v) is 19.1. The molecule has 0 saturated carbocycles. The molecule has 0 bridgehead atoms. The number of amides is 2. The minimum atomic E-state index is -0.411. The number of para-hydroxylation sites is 1. The van der Waals surface area contributed by atoms with Gasteiger partial charge in [-0.3, -0.25) is 9.59 Å². The molecule has 0 saturated heterocycles. The number of ether oxygens (including phenoxy) is 1. The summed E-state index contributed by atoms with van der Waals surface area (Å²) >= 11 is 0. The first-order valence-electron chi connectivity index (χ1n) is 10.8. The lowest BCUT2D eigenvalue weighted by Crippen LogP contribution is -2.29. The third-order valence-corrected chi connectivity index (χ3v) is 4.74. The molecule has 3 aromatic rings. The van der Waals surface area contributed by atoms with E-state index in [1.165, 1.54) is 20.1 Å². The van der Waals surface area contributed by atoms with Crippen LogP contribution in [0, 0.1) is 0 Å². The molecule has 0 aliphatic carbocycles. The first-order chi connectivity index (χ1) is 16.5. The van der Waals surface area contributed by atoms with Crippen LogP contribution in [0.4, 0.5) is 11.6 Å². The van der Waals surface area contributed by atoms with Gasteiger partial charge in [0.1, 0.15) is 11.6 Å². The molecular weight excluding hydrogens is 436 g/mol. The van der Waals surface area contributed by atoms with Crippen LogP contribution in [0.15, 0.2) is 54.6 Å². The Morgan fingerprint density at radius 1 is 0.882 bits per heavy atom. The predicted molar refractivity (Wildman–Crippen MR) is 130 cm³/mol. The third-order valence-electron chi connectivity index (χ3n) is 4.74. The largest absolute Gasteiger partial charge is 0.504 e. The summed E-state index contributed by atoms with van der Waals surface area (Å²) in [6, 6.07) is 16.1. The Morgan fingerprint density at radius 2 is 1.53 bits per heavy atom. The average Bonchev–Trinajstić information content (AvgIpc) is 2.85. The summed E-state index contributed by atoms with van der Waals surface area (Å²) < 4.78 is 5.04. The van der Waals surface area contributed by atoms with Crippen LogP contribution in [-0.2, 0) is 4.79 Å². The highest BCUT2D eigenvalue weighted by Gasteiger charge is 2.14. The smallest absolute Gasteiger partial charge is 0.255 e. The van der Waals surface area contributed by atoms with Crippen molar-refractivity contribution in [1.29, 1.82) is 0 Å². The molecule has 0 atom stereocenters. The standard InChI is InChI=1S/C24H28N6O4/c1-16(31)25-11-12-26-20-15-21(30-23(29-20)17-7-4-3-5-8-17)27-13-14-28-24(33)18-9-6-10-19(34-2)22(18)32/h3-10,15,32H,11-14H2,1-2H3,(H,25,31)(H,28,33)(H2,26,27,29,30). The van der Waals surface area contributed by atoms with E-state index in [1.807, 2.05) is 30.3 Å². The maximum atomic E-state index is 12.4. The molecule has 1 aromatic heterocycles. The quantitative estimate of drug-likeness (QED) is 0.273. The molecule has 0 aliphatic rings. The Labute approximate surface area is 197 Å². The number of nitrogens with zero attached hydrogens (tertiary/aromatic N) is 2. The first-order valence-corrected chi connectivity index (χ1v) is 10.8. The number of nitrogens with one attached hydrogen (secondary N) is 4. The summed E-state index contributed by atoms with van der Waals surface area (Å²) in [5, 5.41) is 22.0. The summed E-state index contributed by atoms with van der Waals surface area (Å²) in [5.41, 5.74) is 0.997. The van der Waals surface area contributed by atoms with Gasteiger partial charge < -0.3 is 31.1 Å². The fourth-order valence-corrected chi connectivity index (χ4v) is 3.11. The number of rotatable bonds is 11. The van der Waals surface area contributed by atoms with Gasteiger partial charge in [0, 0.05) is 44.7 Å². The van der Waals surface area contributed by atoms with E-state index in [-0.39, 0.29) is 23.0 Å². The highest BCUT2D eigenvalue weighted by molar-refractivity contribution is 5.97. The summed E-state index contributed by atoms with van der Waals surface area (Å²) in [5.74, 6) is 1.25. The Morgan fingerprint density at radius 3 is 2.15 bits per heavy atom. The van der Waals surface area contributed by atoms with Crippen LogP contribution in [-0.4, -0.2) is 60.2 Å². The van der Waals surface area contributed by atoms with Crippen LogP contribution in [0.5, 0.6) is 11.5 Å². The molecule has 3 rings (SSSR count). The van der Waals surface area contributed by atoms with Crippen molar-refractivity contribution < 1.29 is 19.4 Å². The van der Waals surface area contributed by atoms with Crippen molar-refractivity contribution in [2.45, 2.75) is 6.92 Å². The van der Waals surface area contributed by atoms with E-state index in [1.54, 1.807) is 18.2 Å². The topological polar surface area (TPSA) is 138 Å². The number of carbonyl (C=O) groups is 2. The maximum absolute atomic E-state index is 12.4. The van der Waals surface area contributed by atoms with E-state index in [0.29, 0.717) is 43.6 Å². The van der Waals surface area contributed by atoms with Crippen molar-refractivity contribution in [1.82, 2.24) is 20.6 Å². The first kappa shape index (κ1) is 24.3. The number of carbonyl (C=O) groups excluding carboxylic acids is 2. The van der Waals surface area contributed by atoms with Crippen LogP contribution in [0.3, 0.4) is 0 Å². The second kappa shape index (κ2) is 12.0. The monoisotopic (exact) mass is 464 g/mol. The number of benzene rings is 2. The van der Waals surface area contributed by atoms with E-state index in [4.69, 9.17) is 4.74 Å². The van der Waals surface area contributed by atoms with Crippen molar-refractivity contribution in [2.75, 3.05) is 43.9 Å². The zero-order chi connectivity index (χ0) is 24.3. The number of hydrogen-bond donors (Lipinski definition) is 5. The van der Waals surface area contributed by atoms with Gasteiger partial charge >= 0.3 is 0 Å². The third kappa shape index (κ3) is 6.83. The van der Waals surface area contributed by atoms with Gasteiger partial charge in [0.05, 0.1) is 12.7 Å². The average molecular weight is 465 g/mol. The number of phenols is 1. The summed E-state index contributed by atoms with van der Waals surface area (Å²) in [6.45, 7) is 3.13. The lowest BCUT2D eigenvalue weighted by Gasteiger charge is -2.13. The Balaban J connectivity index is 1.63. The van der Waals surface area contributed by atoms with Crippen molar-refractivity contribution in [2.24, 2.45) is 0 Å². The summed E-state index contributed by atoms with van der Waals surface area (Å²) in [6.07, 6.45) is 0. The molecule has 0 fully saturated rings. The molecule has 2 amide bonds. The molecule has 34 heavy (non-hydrogen) atoms. The molecule has 178 valence electrons. The SMILES string of the molecule is COc1cccc(C(=O)NCCNc2cc(NCCNC(C)=O)nc(-c3ccccc3)n2)c1O. The molecule has 0 spiro atoms. The lowest BCUT2D eigenvalue weighted by atomic mass is 10.1. The summed E-state index contributed by atoms with van der Waals surface area (Å²) in [7, 11) is 1.43. The highest BCUT2D eigenvalue weighted by Crippen LogP contribution is 2.29. The van der Waals surface area contributed by atoms with Crippen molar-refractivity contribution >= 4 is 23.5 Å². The van der Waals surface area contributed by atoms with Crippen LogP contribution >= 0.6 is 0 Å². The molecule has 0 radical (unpaired) electrons. The van der Waals surface area contributed by atoms with Crippen molar-refractivity contribution in [3.8, 4) is 22.9 Å². The zero-order valence-electron chi connectivity index (χ0n) is 19.1. The summed E-state index contributed by atoms with van der Waals surface area (Å²) in [4.78, 5) is 32.6. The number of methoxy groups -OCH3 is 1. The predicted octanol–water partition coefficient (Wildman–Crippen LogP) is 2.25. The number of phenolic OH excluding ortho intramolecular Hbond substituents is 1. The number of hydrogen-bond acceptors (Lipinski definition) is 8. The van der Waals surface area contributed by atoms with Gasteiger partial charge in [0.25, 0.3) is 5.91 Å². The fraction of sp³-hybridized carbons (Fsp3) is 0.250. The van der Waals surface area contributed by atoms with Gasteiger partial charge in [0.15, 0.2) is 17.3 Å². The Kier molecular flexibility index (Phi) is 8.61. The van der Waals surface area contributed by atoms with E-state index < -0.39 is 5.91 Å². The second-order valence-corrected chi connectivity index (χ2v) is 7.28. The lowest BCUT2D eigenvalue weighted by molar-refractivity contribution is -0.118. The van der Waals surface area contributed by atoms with E-state index in [9.17, 15) is 14.7 Å². The molecule has 0 unspecified atom stereocenters. The van der Waals surface area contributed by atoms with Gasteiger partial charge in [-0.25, -0.2) is 9.97 Å². The van der Waals surface area contributed by atoms with Gasteiger partial charge in [0.2, 0.25) is 5.91 Å². The molecule has 10 heteroatoms. The minimum absolute atomic E-state index is 0.0962. The van der Waals surface area contributed by atoms with Crippen LogP contribution in [0.2, 0.25) is 0 Å². The van der Waals surface area contributed by atoms with Crippen molar-refractivity contribution in [3.05, 3.63) is 60.2 Å². The van der Waals surface area contributed by atoms with Crippen LogP contribution < -0.4 is 26.0 Å². The minimum Gasteiger partial charge on any atom is -0.504 e. The molecule has 1 heterocycles. The number of anilines is 2. The van der Waals surface area contributed by atoms with Gasteiger partial charge in [-0.1, -0.05) is 36.4 Å². The van der Waals surface area contributed by atoms with Gasteiger partial charge in [-0.15, -0.1) is 0 Å². The molecule has 2 aromatic carbocycles. The fourth-order valence-electron chi connectivity index (χ4n) is 3.11. The van der Waals surface area contributed by atoms with Crippen LogP contribution in [0.25, 0.3) is 11.4 Å². The Bertz CT molecular complexity index is 1120. The van der Waals surface area contributed by atoms with Gasteiger partial charge in [-0.2, -0.15) is 0 Å². The second-order valence-electron chi connectivity index (χ2n) is 7.28. The molecule has 0 aliphatic heterocycles. The highest BCUT2D eigenvalue weighted by atomic mass is 16.5. The van der Waals surface area contributed by atoms with Crippen LogP contribution in [0.1, 0.15) is 17.3 Å². The van der Waals surface area contributed by atoms with E-state index >= 15 is 0 Å². The van der Waals surface area contributed by atoms with Crippen molar-refractivity contribution in [3.63, 3.8) is 0 Å². The van der Waals surface area contributed by atoms with E-state index in [0.717, 1.165) is 5.56 Å². The Hall–Kier alpha value is -4.34. The molecular formula is C24H28N6O4. The number of aromatic nitrogens is 2.